The van der Waals surface area contributed by atoms with Gasteiger partial charge in [0.2, 0.25) is 0 Å². The molecule has 3 rings (SSSR count). The quantitative estimate of drug-likeness (QED) is 0.778. The Hall–Kier alpha value is -2.53. The molecular weight excluding hydrogens is 240 g/mol. The van der Waals surface area contributed by atoms with Gasteiger partial charge >= 0.3 is 0 Å². The van der Waals surface area contributed by atoms with Crippen LogP contribution >= 0.6 is 0 Å². The molecule has 1 heterocycles. The summed E-state index contributed by atoms with van der Waals surface area (Å²) in [6, 6.07) is 17.0. The summed E-state index contributed by atoms with van der Waals surface area (Å²) >= 11 is 0. The fraction of sp³-hybridized carbons (Fsp3) is 0.0714. The molecule has 0 amide bonds. The molecule has 3 N–H and O–H groups in total. The first-order chi connectivity index (χ1) is 9.31. The van der Waals surface area contributed by atoms with Crippen LogP contribution in [-0.4, -0.2) is 16.1 Å². The number of hydrogen-bond donors (Lipinski definition) is 3. The number of hydrogen-bond acceptors (Lipinski definition) is 5. The maximum Gasteiger partial charge on any atom is 0.170 e. The zero-order valence-corrected chi connectivity index (χ0v) is 10.2. The molecule has 5 nitrogen and oxygen atoms in total. The summed E-state index contributed by atoms with van der Waals surface area (Å²) in [6.07, 6.45) is 0. The fourth-order valence-electron chi connectivity index (χ4n) is 1.87. The van der Waals surface area contributed by atoms with Gasteiger partial charge in [-0.3, -0.25) is 5.43 Å². The lowest BCUT2D eigenvalue weighted by Crippen LogP contribution is -2.38. The number of aromatic hydroxyl groups is 1. The van der Waals surface area contributed by atoms with E-state index in [-0.39, 0.29) is 5.75 Å². The summed E-state index contributed by atoms with van der Waals surface area (Å²) in [6.45, 7) is 0.676. The summed E-state index contributed by atoms with van der Waals surface area (Å²) in [5, 5.41) is 15.4. The Morgan fingerprint density at radius 3 is 2.47 bits per heavy atom. The molecule has 0 aromatic heterocycles. The van der Waals surface area contributed by atoms with E-state index < -0.39 is 0 Å². The molecule has 0 saturated heterocycles. The van der Waals surface area contributed by atoms with Crippen molar-refractivity contribution >= 4 is 5.84 Å². The first-order valence-electron chi connectivity index (χ1n) is 6.02. The summed E-state index contributed by atoms with van der Waals surface area (Å²) in [4.78, 5) is 0. The third-order valence-corrected chi connectivity index (χ3v) is 2.84. The van der Waals surface area contributed by atoms with Crippen LogP contribution in [0.5, 0.6) is 5.75 Å². The highest BCUT2D eigenvalue weighted by atomic mass is 16.3. The minimum absolute atomic E-state index is 0.247. The molecular formula is C14H14N4O. The number of nitrogens with zero attached hydrogens (tertiary/aromatic N) is 2. The van der Waals surface area contributed by atoms with Crippen molar-refractivity contribution in [3.63, 3.8) is 0 Å². The average Bonchev–Trinajstić information content (AvgIpc) is 2.89. The van der Waals surface area contributed by atoms with Gasteiger partial charge < -0.3 is 5.11 Å². The third-order valence-electron chi connectivity index (χ3n) is 2.84. The Bertz CT molecular complexity index is 580. The van der Waals surface area contributed by atoms with E-state index in [1.807, 2.05) is 30.3 Å². The van der Waals surface area contributed by atoms with E-state index in [9.17, 15) is 5.11 Å². The first kappa shape index (κ1) is 11.6. The predicted molar refractivity (Wildman–Crippen MR) is 72.9 cm³/mol. The van der Waals surface area contributed by atoms with Crippen molar-refractivity contribution in [3.05, 3.63) is 65.7 Å². The zero-order chi connectivity index (χ0) is 13.1. The molecule has 0 unspecified atom stereocenters. The van der Waals surface area contributed by atoms with E-state index in [2.05, 4.69) is 28.2 Å². The van der Waals surface area contributed by atoms with Crippen LogP contribution in [0, 0.1) is 0 Å². The van der Waals surface area contributed by atoms with E-state index in [0.717, 1.165) is 11.4 Å². The van der Waals surface area contributed by atoms with Crippen LogP contribution < -0.4 is 11.0 Å². The Labute approximate surface area is 111 Å². The van der Waals surface area contributed by atoms with Gasteiger partial charge in [0, 0.05) is 5.56 Å². The van der Waals surface area contributed by atoms with Gasteiger partial charge in [0.15, 0.2) is 5.84 Å². The Morgan fingerprint density at radius 2 is 1.74 bits per heavy atom. The number of phenols is 1. The fourth-order valence-corrected chi connectivity index (χ4v) is 1.87. The molecule has 1 aliphatic rings. The normalized spacial score (nSPS) is 14.1. The van der Waals surface area contributed by atoms with Crippen molar-refractivity contribution in [3.8, 4) is 5.75 Å². The lowest BCUT2D eigenvalue weighted by molar-refractivity contribution is 0.197. The van der Waals surface area contributed by atoms with Crippen molar-refractivity contribution in [2.75, 3.05) is 0 Å². The molecule has 0 spiro atoms. The molecule has 0 aliphatic carbocycles. The molecule has 0 bridgehead atoms. The van der Waals surface area contributed by atoms with E-state index in [1.54, 1.807) is 17.3 Å². The van der Waals surface area contributed by atoms with Gasteiger partial charge in [0.05, 0.1) is 6.54 Å². The minimum Gasteiger partial charge on any atom is -0.508 e. The van der Waals surface area contributed by atoms with Crippen molar-refractivity contribution in [1.29, 1.82) is 0 Å². The van der Waals surface area contributed by atoms with E-state index in [1.165, 1.54) is 5.56 Å². The van der Waals surface area contributed by atoms with Gasteiger partial charge in [0.25, 0.3) is 0 Å². The lowest BCUT2D eigenvalue weighted by atomic mass is 10.2. The highest BCUT2D eigenvalue weighted by molar-refractivity contribution is 5.98. The second-order valence-corrected chi connectivity index (χ2v) is 4.28. The van der Waals surface area contributed by atoms with E-state index in [4.69, 9.17) is 0 Å². The third kappa shape index (κ3) is 2.66. The second-order valence-electron chi connectivity index (χ2n) is 4.28. The van der Waals surface area contributed by atoms with Crippen molar-refractivity contribution in [2.45, 2.75) is 6.54 Å². The number of hydrazone groups is 1. The Kier molecular flexibility index (Phi) is 3.04. The van der Waals surface area contributed by atoms with Gasteiger partial charge in [0.1, 0.15) is 5.75 Å². The van der Waals surface area contributed by atoms with Gasteiger partial charge in [-0.05, 0) is 29.8 Å². The van der Waals surface area contributed by atoms with Crippen LogP contribution in [0.25, 0.3) is 0 Å². The van der Waals surface area contributed by atoms with Crippen LogP contribution in [-0.2, 0) is 6.54 Å². The van der Waals surface area contributed by atoms with Crippen LogP contribution in [0.1, 0.15) is 11.1 Å². The summed E-state index contributed by atoms with van der Waals surface area (Å²) in [5.41, 5.74) is 8.08. The van der Waals surface area contributed by atoms with Crippen molar-refractivity contribution < 1.29 is 5.11 Å². The number of benzene rings is 2. The molecule has 19 heavy (non-hydrogen) atoms. The number of hydrazine groups is 2. The van der Waals surface area contributed by atoms with Crippen LogP contribution in [0.2, 0.25) is 0 Å². The molecule has 2 aromatic carbocycles. The van der Waals surface area contributed by atoms with E-state index in [0.29, 0.717) is 6.54 Å². The molecule has 0 fully saturated rings. The lowest BCUT2D eigenvalue weighted by Gasteiger charge is -2.12. The largest absolute Gasteiger partial charge is 0.508 e. The monoisotopic (exact) mass is 254 g/mol. The SMILES string of the molecule is Oc1ccc(C2=NN(Cc3ccccc3)NN2)cc1. The Balaban J connectivity index is 1.72. The van der Waals surface area contributed by atoms with Gasteiger partial charge in [-0.15, -0.1) is 10.6 Å². The van der Waals surface area contributed by atoms with Crippen LogP contribution in [0.15, 0.2) is 59.7 Å². The van der Waals surface area contributed by atoms with Crippen molar-refractivity contribution in [2.24, 2.45) is 5.10 Å². The Morgan fingerprint density at radius 1 is 1.00 bits per heavy atom. The van der Waals surface area contributed by atoms with Crippen LogP contribution in [0.4, 0.5) is 0 Å². The minimum atomic E-state index is 0.247. The molecule has 5 heteroatoms. The average molecular weight is 254 g/mol. The van der Waals surface area contributed by atoms with Gasteiger partial charge in [-0.2, -0.15) is 0 Å². The van der Waals surface area contributed by atoms with Gasteiger partial charge in [-0.25, -0.2) is 5.12 Å². The predicted octanol–water partition coefficient (Wildman–Crippen LogP) is 1.58. The first-order valence-corrected chi connectivity index (χ1v) is 6.02. The highest BCUT2D eigenvalue weighted by Gasteiger charge is 2.14. The zero-order valence-electron chi connectivity index (χ0n) is 10.2. The number of nitrogens with one attached hydrogen (secondary N) is 2. The molecule has 1 aliphatic heterocycles. The topological polar surface area (TPSA) is 59.9 Å². The number of amidine groups is 1. The van der Waals surface area contributed by atoms with Gasteiger partial charge in [-0.1, -0.05) is 30.3 Å². The highest BCUT2D eigenvalue weighted by Crippen LogP contribution is 2.12. The summed E-state index contributed by atoms with van der Waals surface area (Å²) in [7, 11) is 0. The maximum atomic E-state index is 9.26. The molecule has 96 valence electrons. The molecule has 0 saturated carbocycles. The number of phenolic OH excluding ortho intramolecular Hbond substituents is 1. The molecule has 0 atom stereocenters. The van der Waals surface area contributed by atoms with E-state index >= 15 is 0 Å². The second kappa shape index (κ2) is 4.99. The smallest absolute Gasteiger partial charge is 0.170 e. The molecule has 0 radical (unpaired) electrons. The standard InChI is InChI=1S/C14H14N4O/c19-13-8-6-12(7-9-13)14-15-17-18(16-14)10-11-4-2-1-3-5-11/h1-9,17,19H,10H2,(H,15,16). The maximum absolute atomic E-state index is 9.26. The van der Waals surface area contributed by atoms with Crippen molar-refractivity contribution in [1.82, 2.24) is 16.1 Å². The van der Waals surface area contributed by atoms with Crippen LogP contribution in [0.3, 0.4) is 0 Å². The summed E-state index contributed by atoms with van der Waals surface area (Å²) in [5.74, 6) is 0.979. The number of rotatable bonds is 3. The summed E-state index contributed by atoms with van der Waals surface area (Å²) < 4.78 is 0. The molecule has 2 aromatic rings.